The molecule has 0 unspecified atom stereocenters. The van der Waals surface area contributed by atoms with E-state index in [1.165, 1.54) is 0 Å². The first-order valence-electron chi connectivity index (χ1n) is 4.68. The second kappa shape index (κ2) is 4.33. The molecular formula is C11H17NO2. The molecule has 14 heavy (non-hydrogen) atoms. The van der Waals surface area contributed by atoms with E-state index in [1.54, 1.807) is 19.9 Å². The van der Waals surface area contributed by atoms with Crippen molar-refractivity contribution >= 4 is 5.69 Å². The highest BCUT2D eigenvalue weighted by molar-refractivity contribution is 5.43. The summed E-state index contributed by atoms with van der Waals surface area (Å²) in [6.45, 7) is 4.01. The average molecular weight is 195 g/mol. The van der Waals surface area contributed by atoms with Crippen molar-refractivity contribution in [1.29, 1.82) is 0 Å². The molecule has 0 spiro atoms. The Labute approximate surface area is 84.5 Å². The monoisotopic (exact) mass is 195 g/mol. The van der Waals surface area contributed by atoms with Crippen LogP contribution < -0.4 is 10.5 Å². The van der Waals surface area contributed by atoms with Crippen LogP contribution in [-0.2, 0) is 0 Å². The summed E-state index contributed by atoms with van der Waals surface area (Å²) in [6, 6.07) is 7.27. The van der Waals surface area contributed by atoms with E-state index in [0.717, 1.165) is 5.75 Å². The van der Waals surface area contributed by atoms with E-state index < -0.39 is 5.60 Å². The average Bonchev–Trinajstić information content (AvgIpc) is 2.01. The lowest BCUT2D eigenvalue weighted by Crippen LogP contribution is -2.21. The largest absolute Gasteiger partial charge is 0.493 e. The van der Waals surface area contributed by atoms with Crippen molar-refractivity contribution in [2.24, 2.45) is 0 Å². The molecule has 0 atom stereocenters. The highest BCUT2D eigenvalue weighted by Gasteiger charge is 2.11. The van der Waals surface area contributed by atoms with Crippen LogP contribution in [0.5, 0.6) is 5.75 Å². The van der Waals surface area contributed by atoms with Crippen LogP contribution in [-0.4, -0.2) is 17.3 Å². The van der Waals surface area contributed by atoms with Gasteiger partial charge < -0.3 is 15.6 Å². The minimum atomic E-state index is -0.680. The predicted octanol–water partition coefficient (Wildman–Crippen LogP) is 1.81. The molecule has 0 aliphatic carbocycles. The zero-order valence-corrected chi connectivity index (χ0v) is 8.66. The normalized spacial score (nSPS) is 11.4. The number of anilines is 1. The van der Waals surface area contributed by atoms with Crippen LogP contribution in [0.15, 0.2) is 24.3 Å². The number of nitrogen functional groups attached to an aromatic ring is 1. The van der Waals surface area contributed by atoms with E-state index in [9.17, 15) is 5.11 Å². The number of hydrogen-bond donors (Lipinski definition) is 2. The fourth-order valence-corrected chi connectivity index (χ4v) is 1.02. The van der Waals surface area contributed by atoms with Crippen LogP contribution in [0.3, 0.4) is 0 Å². The quantitative estimate of drug-likeness (QED) is 0.720. The molecule has 0 amide bonds. The summed E-state index contributed by atoms with van der Waals surface area (Å²) in [5.41, 5.74) is 5.59. The van der Waals surface area contributed by atoms with Gasteiger partial charge in [-0.3, -0.25) is 0 Å². The lowest BCUT2D eigenvalue weighted by molar-refractivity contribution is 0.0553. The van der Waals surface area contributed by atoms with Gasteiger partial charge in [0.1, 0.15) is 5.75 Å². The van der Waals surface area contributed by atoms with E-state index in [4.69, 9.17) is 10.5 Å². The van der Waals surface area contributed by atoms with Crippen molar-refractivity contribution in [1.82, 2.24) is 0 Å². The number of ether oxygens (including phenoxy) is 1. The predicted molar refractivity (Wildman–Crippen MR) is 57.3 cm³/mol. The minimum Gasteiger partial charge on any atom is -0.493 e. The molecule has 0 bridgehead atoms. The number of hydrogen-bond acceptors (Lipinski definition) is 3. The van der Waals surface area contributed by atoms with Gasteiger partial charge in [0.25, 0.3) is 0 Å². The molecule has 0 fully saturated rings. The van der Waals surface area contributed by atoms with Gasteiger partial charge in [0.2, 0.25) is 0 Å². The molecule has 3 N–H and O–H groups in total. The van der Waals surface area contributed by atoms with Gasteiger partial charge in [0.15, 0.2) is 0 Å². The van der Waals surface area contributed by atoms with Gasteiger partial charge in [-0.1, -0.05) is 6.07 Å². The molecule has 0 aromatic heterocycles. The maximum absolute atomic E-state index is 9.45. The van der Waals surface area contributed by atoms with Crippen molar-refractivity contribution in [3.05, 3.63) is 24.3 Å². The molecule has 0 saturated heterocycles. The van der Waals surface area contributed by atoms with Gasteiger partial charge in [0, 0.05) is 18.2 Å². The van der Waals surface area contributed by atoms with Gasteiger partial charge >= 0.3 is 0 Å². The molecule has 1 rings (SSSR count). The topological polar surface area (TPSA) is 55.5 Å². The Kier molecular flexibility index (Phi) is 3.36. The summed E-state index contributed by atoms with van der Waals surface area (Å²) in [4.78, 5) is 0. The second-order valence-electron chi connectivity index (χ2n) is 3.98. The fourth-order valence-electron chi connectivity index (χ4n) is 1.02. The zero-order valence-electron chi connectivity index (χ0n) is 8.66. The lowest BCUT2D eigenvalue weighted by Gasteiger charge is -2.17. The number of rotatable bonds is 4. The molecule has 3 heteroatoms. The third-order valence-corrected chi connectivity index (χ3v) is 1.84. The van der Waals surface area contributed by atoms with Crippen molar-refractivity contribution in [3.63, 3.8) is 0 Å². The van der Waals surface area contributed by atoms with E-state index >= 15 is 0 Å². The Morgan fingerprint density at radius 1 is 1.43 bits per heavy atom. The molecule has 0 radical (unpaired) electrons. The highest BCUT2D eigenvalue weighted by atomic mass is 16.5. The van der Waals surface area contributed by atoms with Crippen LogP contribution in [0.1, 0.15) is 20.3 Å². The van der Waals surface area contributed by atoms with E-state index in [2.05, 4.69) is 0 Å². The van der Waals surface area contributed by atoms with Crippen molar-refractivity contribution < 1.29 is 9.84 Å². The van der Waals surface area contributed by atoms with Crippen LogP contribution in [0.2, 0.25) is 0 Å². The Morgan fingerprint density at radius 2 is 2.14 bits per heavy atom. The zero-order chi connectivity index (χ0) is 10.6. The highest BCUT2D eigenvalue weighted by Crippen LogP contribution is 2.16. The lowest BCUT2D eigenvalue weighted by atomic mass is 10.1. The standard InChI is InChI=1S/C11H17NO2/c1-11(2,13)6-7-14-10-5-3-4-9(12)8-10/h3-5,8,13H,6-7,12H2,1-2H3. The van der Waals surface area contributed by atoms with E-state index in [-0.39, 0.29) is 0 Å². The van der Waals surface area contributed by atoms with E-state index in [0.29, 0.717) is 18.7 Å². The first kappa shape index (κ1) is 10.9. The molecule has 3 nitrogen and oxygen atoms in total. The summed E-state index contributed by atoms with van der Waals surface area (Å²) < 4.78 is 5.42. The summed E-state index contributed by atoms with van der Waals surface area (Å²) in [6.07, 6.45) is 0.599. The maximum atomic E-state index is 9.45. The molecule has 1 aromatic carbocycles. The Bertz CT molecular complexity index is 292. The number of nitrogens with two attached hydrogens (primary N) is 1. The number of benzene rings is 1. The first-order chi connectivity index (χ1) is 6.47. The minimum absolute atomic E-state index is 0.493. The molecule has 0 aliphatic rings. The molecular weight excluding hydrogens is 178 g/mol. The molecule has 1 aromatic rings. The van der Waals surface area contributed by atoms with Crippen LogP contribution in [0, 0.1) is 0 Å². The summed E-state index contributed by atoms with van der Waals surface area (Å²) in [7, 11) is 0. The van der Waals surface area contributed by atoms with Gasteiger partial charge in [-0.15, -0.1) is 0 Å². The smallest absolute Gasteiger partial charge is 0.121 e. The van der Waals surface area contributed by atoms with Gasteiger partial charge in [-0.25, -0.2) is 0 Å². The van der Waals surface area contributed by atoms with Crippen molar-refractivity contribution in [2.45, 2.75) is 25.9 Å². The Morgan fingerprint density at radius 3 is 2.71 bits per heavy atom. The van der Waals surface area contributed by atoms with Crippen LogP contribution >= 0.6 is 0 Å². The second-order valence-corrected chi connectivity index (χ2v) is 3.98. The third-order valence-electron chi connectivity index (χ3n) is 1.84. The first-order valence-corrected chi connectivity index (χ1v) is 4.68. The van der Waals surface area contributed by atoms with Crippen molar-refractivity contribution in [2.75, 3.05) is 12.3 Å². The van der Waals surface area contributed by atoms with Crippen LogP contribution in [0.4, 0.5) is 5.69 Å². The van der Waals surface area contributed by atoms with Gasteiger partial charge in [0.05, 0.1) is 12.2 Å². The molecule has 78 valence electrons. The third kappa shape index (κ3) is 4.14. The molecule has 0 heterocycles. The summed E-state index contributed by atoms with van der Waals surface area (Å²) in [5, 5.41) is 9.45. The summed E-state index contributed by atoms with van der Waals surface area (Å²) in [5.74, 6) is 0.745. The van der Waals surface area contributed by atoms with Gasteiger partial charge in [-0.05, 0) is 26.0 Å². The number of aliphatic hydroxyl groups is 1. The fraction of sp³-hybridized carbons (Fsp3) is 0.455. The molecule has 0 saturated carbocycles. The Hall–Kier alpha value is -1.22. The molecule has 0 aliphatic heterocycles. The Balaban J connectivity index is 2.39. The van der Waals surface area contributed by atoms with Gasteiger partial charge in [-0.2, -0.15) is 0 Å². The van der Waals surface area contributed by atoms with Crippen molar-refractivity contribution in [3.8, 4) is 5.75 Å². The maximum Gasteiger partial charge on any atom is 0.121 e. The summed E-state index contributed by atoms with van der Waals surface area (Å²) >= 11 is 0. The van der Waals surface area contributed by atoms with E-state index in [1.807, 2.05) is 18.2 Å². The SMILES string of the molecule is CC(C)(O)CCOc1cccc(N)c1. The van der Waals surface area contributed by atoms with Crippen LogP contribution in [0.25, 0.3) is 0 Å².